The molecule has 0 saturated carbocycles. The first-order valence-corrected chi connectivity index (χ1v) is 10.8. The predicted octanol–water partition coefficient (Wildman–Crippen LogP) is 2.36. The number of para-hydroxylation sites is 2. The molecule has 2 amide bonds. The fourth-order valence-electron chi connectivity index (χ4n) is 3.12. The lowest BCUT2D eigenvalue weighted by Gasteiger charge is -2.34. The number of likely N-dealkylation sites (N-methyl/N-ethyl adjacent to an activating group) is 1. The van der Waals surface area contributed by atoms with Crippen LogP contribution >= 0.6 is 11.8 Å². The molecule has 0 spiro atoms. The average Bonchev–Trinajstić information content (AvgIpc) is 2.74. The number of hydrogen-bond donors (Lipinski definition) is 2. The summed E-state index contributed by atoms with van der Waals surface area (Å²) in [7, 11) is 1.58. The zero-order valence-corrected chi connectivity index (χ0v) is 17.6. The van der Waals surface area contributed by atoms with Crippen molar-refractivity contribution in [2.45, 2.75) is 18.8 Å². The van der Waals surface area contributed by atoms with Gasteiger partial charge >= 0.3 is 0 Å². The average molecular weight is 414 g/mol. The molecule has 1 aliphatic rings. The number of nitrogens with zero attached hydrogens (tertiary/aromatic N) is 1. The molecule has 0 radical (unpaired) electrons. The SMILES string of the molecule is CNC(=O)[C@@H]1CN(CC(=O)NCCSCc2ccc(C)cc2)c2ccccc2O1. The summed E-state index contributed by atoms with van der Waals surface area (Å²) in [5, 5.41) is 5.58. The Kier molecular flexibility index (Phi) is 7.41. The summed E-state index contributed by atoms with van der Waals surface area (Å²) in [6, 6.07) is 16.0. The van der Waals surface area contributed by atoms with E-state index in [1.165, 1.54) is 11.1 Å². The maximum absolute atomic E-state index is 12.4. The van der Waals surface area contributed by atoms with Crippen molar-refractivity contribution in [3.8, 4) is 5.75 Å². The second-order valence-electron chi connectivity index (χ2n) is 6.96. The third-order valence-corrected chi connectivity index (χ3v) is 5.72. The van der Waals surface area contributed by atoms with E-state index < -0.39 is 6.10 Å². The van der Waals surface area contributed by atoms with E-state index in [0.717, 1.165) is 17.2 Å². The molecule has 0 aromatic heterocycles. The zero-order valence-electron chi connectivity index (χ0n) is 16.8. The van der Waals surface area contributed by atoms with Gasteiger partial charge in [-0.25, -0.2) is 0 Å². The fourth-order valence-corrected chi connectivity index (χ4v) is 3.94. The normalized spacial score (nSPS) is 15.2. The van der Waals surface area contributed by atoms with Crippen molar-refractivity contribution in [3.63, 3.8) is 0 Å². The fraction of sp³-hybridized carbons (Fsp3) is 0.364. The highest BCUT2D eigenvalue weighted by Gasteiger charge is 2.30. The van der Waals surface area contributed by atoms with E-state index in [2.05, 4.69) is 41.8 Å². The number of carbonyl (C=O) groups is 2. The topological polar surface area (TPSA) is 70.7 Å². The van der Waals surface area contributed by atoms with Gasteiger partial charge in [-0.1, -0.05) is 42.0 Å². The lowest BCUT2D eigenvalue weighted by Crippen LogP contribution is -2.50. The van der Waals surface area contributed by atoms with Crippen LogP contribution in [0.1, 0.15) is 11.1 Å². The molecule has 1 heterocycles. The van der Waals surface area contributed by atoms with Crippen LogP contribution in [0.3, 0.4) is 0 Å². The molecule has 3 rings (SSSR count). The minimum Gasteiger partial charge on any atom is -0.477 e. The van der Waals surface area contributed by atoms with Crippen molar-refractivity contribution in [1.29, 1.82) is 0 Å². The van der Waals surface area contributed by atoms with Crippen molar-refractivity contribution in [3.05, 3.63) is 59.7 Å². The predicted molar refractivity (Wildman–Crippen MR) is 117 cm³/mol. The Morgan fingerprint density at radius 1 is 1.17 bits per heavy atom. The van der Waals surface area contributed by atoms with Crippen LogP contribution in [0.5, 0.6) is 5.75 Å². The molecule has 2 aromatic carbocycles. The lowest BCUT2D eigenvalue weighted by atomic mass is 10.1. The Morgan fingerprint density at radius 2 is 1.93 bits per heavy atom. The molecule has 1 aliphatic heterocycles. The number of anilines is 1. The van der Waals surface area contributed by atoms with Crippen LogP contribution in [0.15, 0.2) is 48.5 Å². The number of amides is 2. The van der Waals surface area contributed by atoms with Crippen LogP contribution in [-0.2, 0) is 15.3 Å². The second kappa shape index (κ2) is 10.2. The van der Waals surface area contributed by atoms with Crippen LogP contribution in [0.25, 0.3) is 0 Å². The van der Waals surface area contributed by atoms with E-state index >= 15 is 0 Å². The highest BCUT2D eigenvalue weighted by molar-refractivity contribution is 7.98. The molecule has 2 aromatic rings. The summed E-state index contributed by atoms with van der Waals surface area (Å²) in [6.07, 6.45) is -0.632. The van der Waals surface area contributed by atoms with Crippen LogP contribution in [0.4, 0.5) is 5.69 Å². The van der Waals surface area contributed by atoms with Gasteiger partial charge in [0, 0.05) is 25.1 Å². The number of benzene rings is 2. The molecular formula is C22H27N3O3S. The van der Waals surface area contributed by atoms with Crippen molar-refractivity contribution in [1.82, 2.24) is 10.6 Å². The smallest absolute Gasteiger partial charge is 0.262 e. The number of aryl methyl sites for hydroxylation is 1. The Bertz CT molecular complexity index is 841. The molecule has 2 N–H and O–H groups in total. The van der Waals surface area contributed by atoms with Gasteiger partial charge in [0.15, 0.2) is 6.10 Å². The summed E-state index contributed by atoms with van der Waals surface area (Å²) >= 11 is 1.79. The zero-order chi connectivity index (χ0) is 20.6. The number of nitrogens with one attached hydrogen (secondary N) is 2. The molecule has 1 atom stereocenters. The van der Waals surface area contributed by atoms with E-state index in [-0.39, 0.29) is 18.4 Å². The van der Waals surface area contributed by atoms with Gasteiger partial charge in [-0.3, -0.25) is 9.59 Å². The number of ether oxygens (including phenoxy) is 1. The molecule has 0 aliphatic carbocycles. The number of thioether (sulfide) groups is 1. The molecule has 7 heteroatoms. The minimum absolute atomic E-state index is 0.0618. The third kappa shape index (κ3) is 5.90. The van der Waals surface area contributed by atoms with Gasteiger partial charge in [-0.2, -0.15) is 11.8 Å². The molecule has 0 fully saturated rings. The van der Waals surface area contributed by atoms with Gasteiger partial charge in [0.05, 0.1) is 18.8 Å². The second-order valence-corrected chi connectivity index (χ2v) is 8.06. The number of hydrogen-bond acceptors (Lipinski definition) is 5. The van der Waals surface area contributed by atoms with Crippen molar-refractivity contribution in [2.24, 2.45) is 0 Å². The molecule has 29 heavy (non-hydrogen) atoms. The third-order valence-electron chi connectivity index (χ3n) is 4.69. The van der Waals surface area contributed by atoms with Gasteiger partial charge in [0.25, 0.3) is 5.91 Å². The number of fused-ring (bicyclic) bond motifs is 1. The van der Waals surface area contributed by atoms with E-state index in [9.17, 15) is 9.59 Å². The van der Waals surface area contributed by atoms with Gasteiger partial charge in [-0.15, -0.1) is 0 Å². The summed E-state index contributed by atoms with van der Waals surface area (Å²) < 4.78 is 5.77. The van der Waals surface area contributed by atoms with Gasteiger partial charge in [-0.05, 0) is 24.6 Å². The summed E-state index contributed by atoms with van der Waals surface area (Å²) in [5.41, 5.74) is 3.38. The molecule has 0 saturated heterocycles. The first kappa shape index (κ1) is 21.0. The minimum atomic E-state index is -0.632. The van der Waals surface area contributed by atoms with Crippen LogP contribution < -0.4 is 20.3 Å². The number of rotatable bonds is 8. The molecule has 0 bridgehead atoms. The van der Waals surface area contributed by atoms with E-state index in [4.69, 9.17) is 4.74 Å². The standard InChI is InChI=1S/C22H27N3O3S/c1-16-7-9-17(10-8-16)15-29-12-11-24-21(26)14-25-13-20(22(27)23-2)28-19-6-4-3-5-18(19)25/h3-10,20H,11-15H2,1-2H3,(H,23,27)(H,24,26)/t20-/m0/s1. The highest BCUT2D eigenvalue weighted by Crippen LogP contribution is 2.32. The van der Waals surface area contributed by atoms with Gasteiger partial charge in [0.1, 0.15) is 5.75 Å². The van der Waals surface area contributed by atoms with E-state index in [0.29, 0.717) is 18.8 Å². The molecule has 0 unspecified atom stereocenters. The Balaban J connectivity index is 1.46. The maximum Gasteiger partial charge on any atom is 0.262 e. The van der Waals surface area contributed by atoms with E-state index in [1.54, 1.807) is 18.8 Å². The van der Waals surface area contributed by atoms with Gasteiger partial charge < -0.3 is 20.3 Å². The van der Waals surface area contributed by atoms with Crippen LogP contribution in [0.2, 0.25) is 0 Å². The summed E-state index contributed by atoms with van der Waals surface area (Å²) in [5.74, 6) is 2.14. The quantitative estimate of drug-likeness (QED) is 0.650. The van der Waals surface area contributed by atoms with E-state index in [1.807, 2.05) is 29.2 Å². The highest BCUT2D eigenvalue weighted by atomic mass is 32.2. The Morgan fingerprint density at radius 3 is 2.69 bits per heavy atom. The van der Waals surface area contributed by atoms with Crippen LogP contribution in [0, 0.1) is 6.92 Å². The molecule has 6 nitrogen and oxygen atoms in total. The number of carbonyl (C=O) groups excluding carboxylic acids is 2. The molecule has 154 valence electrons. The lowest BCUT2D eigenvalue weighted by molar-refractivity contribution is -0.127. The summed E-state index contributed by atoms with van der Waals surface area (Å²) in [4.78, 5) is 26.4. The Labute approximate surface area is 176 Å². The first-order valence-electron chi connectivity index (χ1n) is 9.69. The van der Waals surface area contributed by atoms with Gasteiger partial charge in [0.2, 0.25) is 5.91 Å². The maximum atomic E-state index is 12.4. The first-order chi connectivity index (χ1) is 14.1. The van der Waals surface area contributed by atoms with Crippen molar-refractivity contribution < 1.29 is 14.3 Å². The Hall–Kier alpha value is -2.67. The molecular weight excluding hydrogens is 386 g/mol. The summed E-state index contributed by atoms with van der Waals surface area (Å²) in [6.45, 7) is 3.22. The van der Waals surface area contributed by atoms with Crippen LogP contribution in [-0.4, -0.2) is 50.4 Å². The van der Waals surface area contributed by atoms with Crippen molar-refractivity contribution >= 4 is 29.3 Å². The largest absolute Gasteiger partial charge is 0.477 e. The van der Waals surface area contributed by atoms with Crippen molar-refractivity contribution in [2.75, 3.05) is 37.3 Å². The monoisotopic (exact) mass is 413 g/mol.